The second kappa shape index (κ2) is 11.2. The predicted molar refractivity (Wildman–Crippen MR) is 138 cm³/mol. The monoisotopic (exact) mass is 495 g/mol. The summed E-state index contributed by atoms with van der Waals surface area (Å²) in [5.41, 5.74) is 6.43. The Bertz CT molecular complexity index is 1120. The van der Waals surface area contributed by atoms with Crippen molar-refractivity contribution in [3.05, 3.63) is 64.5 Å². The summed E-state index contributed by atoms with van der Waals surface area (Å²) >= 11 is 0. The predicted octanol–water partition coefficient (Wildman–Crippen LogP) is 7.96. The van der Waals surface area contributed by atoms with Gasteiger partial charge in [0.05, 0.1) is 11.3 Å². The molecule has 0 amide bonds. The Balaban J connectivity index is 1.66. The van der Waals surface area contributed by atoms with Gasteiger partial charge in [0.25, 0.3) is 0 Å². The first-order valence-corrected chi connectivity index (χ1v) is 13.2. The van der Waals surface area contributed by atoms with Crippen molar-refractivity contribution in [2.75, 3.05) is 0 Å². The molecule has 2 unspecified atom stereocenters. The molecule has 0 bridgehead atoms. The highest BCUT2D eigenvalue weighted by Gasteiger charge is 2.35. The molecule has 2 aromatic rings. The van der Waals surface area contributed by atoms with Crippen molar-refractivity contribution in [3.63, 3.8) is 0 Å². The van der Waals surface area contributed by atoms with Crippen LogP contribution in [-0.4, -0.2) is 17.2 Å². The van der Waals surface area contributed by atoms with E-state index in [0.717, 1.165) is 42.2 Å². The summed E-state index contributed by atoms with van der Waals surface area (Å²) in [6.07, 6.45) is 5.38. The molecule has 1 N–H and O–H groups in total. The number of benzene rings is 1. The number of hydrogen-bond acceptors (Lipinski definition) is 3. The van der Waals surface area contributed by atoms with Crippen molar-refractivity contribution in [2.45, 2.75) is 90.4 Å². The largest absolute Gasteiger partial charge is 0.403 e. The van der Waals surface area contributed by atoms with E-state index in [1.165, 1.54) is 37.7 Å². The molecule has 2 fully saturated rings. The molecule has 2 aliphatic rings. The van der Waals surface area contributed by atoms with Gasteiger partial charge in [-0.15, -0.1) is 0 Å². The lowest BCUT2D eigenvalue weighted by Gasteiger charge is -2.34. The number of nitrogens with one attached hydrogen (secondary N) is 1. The van der Waals surface area contributed by atoms with Gasteiger partial charge in [0.15, 0.2) is 0 Å². The van der Waals surface area contributed by atoms with Crippen LogP contribution in [-0.2, 0) is 6.54 Å². The van der Waals surface area contributed by atoms with Crippen LogP contribution in [0.1, 0.15) is 92.7 Å². The van der Waals surface area contributed by atoms with E-state index >= 15 is 0 Å². The van der Waals surface area contributed by atoms with E-state index in [2.05, 4.69) is 48.4 Å². The van der Waals surface area contributed by atoms with Crippen LogP contribution in [0.3, 0.4) is 0 Å². The maximum absolute atomic E-state index is 12.9. The Hall–Kier alpha value is -2.65. The van der Waals surface area contributed by atoms with Gasteiger partial charge < -0.3 is 5.32 Å². The number of alkyl halides is 3. The number of pyridine rings is 1. The van der Waals surface area contributed by atoms with E-state index in [9.17, 15) is 18.4 Å². The maximum atomic E-state index is 12.9. The molecule has 0 saturated heterocycles. The molecule has 3 nitrogen and oxygen atoms in total. The van der Waals surface area contributed by atoms with Crippen LogP contribution in [0.25, 0.3) is 11.1 Å². The number of allylic oxidation sites excluding steroid dienone is 2. The van der Waals surface area contributed by atoms with E-state index in [-0.39, 0.29) is 6.54 Å². The van der Waals surface area contributed by atoms with Crippen LogP contribution in [0.5, 0.6) is 0 Å². The summed E-state index contributed by atoms with van der Waals surface area (Å²) in [5, 5.41) is 12.9. The fourth-order valence-corrected chi connectivity index (χ4v) is 5.17. The zero-order valence-corrected chi connectivity index (χ0v) is 21.5. The first kappa shape index (κ1) is 26.4. The molecule has 0 spiro atoms. The molecule has 4 rings (SSSR count). The molecular weight excluding hydrogens is 459 g/mol. The fraction of sp³-hybridized carbons (Fsp3) is 0.533. The standard InChI is InChI=1S/C30H36F3N3/c1-4-22(23-6-5-7-23)15-27(28(16-34)26-12-11-25(14-19(26)2)24-9-10-24)29-13-8-21(18-36-29)17-35-20(3)30(31,32)33/h8,11-14,18,20,22-24,35H,4-7,9-10,15,17H2,1-3H3. The average Bonchev–Trinajstić information content (AvgIpc) is 3.66. The Labute approximate surface area is 212 Å². The van der Waals surface area contributed by atoms with Gasteiger partial charge in [0.2, 0.25) is 0 Å². The van der Waals surface area contributed by atoms with E-state index < -0.39 is 12.2 Å². The third-order valence-electron chi connectivity index (χ3n) is 8.03. The molecule has 6 heteroatoms. The lowest BCUT2D eigenvalue weighted by Crippen LogP contribution is -2.39. The van der Waals surface area contributed by atoms with Crippen LogP contribution in [0, 0.1) is 30.1 Å². The molecule has 2 aliphatic carbocycles. The number of nitrogens with zero attached hydrogens (tertiary/aromatic N) is 2. The van der Waals surface area contributed by atoms with Crippen molar-refractivity contribution >= 4 is 11.1 Å². The topological polar surface area (TPSA) is 48.7 Å². The van der Waals surface area contributed by atoms with Gasteiger partial charge in [-0.2, -0.15) is 18.4 Å². The van der Waals surface area contributed by atoms with Gasteiger partial charge in [-0.25, -0.2) is 0 Å². The Morgan fingerprint density at radius 1 is 1.17 bits per heavy atom. The molecule has 2 atom stereocenters. The molecule has 2 saturated carbocycles. The summed E-state index contributed by atoms with van der Waals surface area (Å²) < 4.78 is 38.6. The first-order chi connectivity index (χ1) is 17.2. The van der Waals surface area contributed by atoms with E-state index in [1.807, 2.05) is 12.1 Å². The molecule has 1 aromatic carbocycles. The number of nitriles is 1. The number of aromatic nitrogens is 1. The van der Waals surface area contributed by atoms with Crippen molar-refractivity contribution in [1.82, 2.24) is 10.3 Å². The van der Waals surface area contributed by atoms with Crippen molar-refractivity contribution in [3.8, 4) is 6.07 Å². The van der Waals surface area contributed by atoms with Gasteiger partial charge in [0.1, 0.15) is 12.1 Å². The highest BCUT2D eigenvalue weighted by Crippen LogP contribution is 2.43. The highest BCUT2D eigenvalue weighted by molar-refractivity contribution is 5.97. The zero-order chi connectivity index (χ0) is 25.9. The van der Waals surface area contributed by atoms with Crippen LogP contribution in [0.4, 0.5) is 13.2 Å². The van der Waals surface area contributed by atoms with Gasteiger partial charge in [-0.05, 0) is 84.8 Å². The van der Waals surface area contributed by atoms with E-state index in [1.54, 1.807) is 6.20 Å². The van der Waals surface area contributed by atoms with Crippen LogP contribution in [0.15, 0.2) is 36.5 Å². The fourth-order valence-electron chi connectivity index (χ4n) is 5.17. The van der Waals surface area contributed by atoms with Gasteiger partial charge in [-0.3, -0.25) is 4.98 Å². The average molecular weight is 496 g/mol. The maximum Gasteiger partial charge on any atom is 0.403 e. The van der Waals surface area contributed by atoms with E-state index in [0.29, 0.717) is 28.9 Å². The Morgan fingerprint density at radius 3 is 2.42 bits per heavy atom. The van der Waals surface area contributed by atoms with E-state index in [4.69, 9.17) is 0 Å². The molecule has 192 valence electrons. The summed E-state index contributed by atoms with van der Waals surface area (Å²) in [4.78, 5) is 4.66. The first-order valence-electron chi connectivity index (χ1n) is 13.2. The van der Waals surface area contributed by atoms with Gasteiger partial charge >= 0.3 is 6.18 Å². The molecule has 36 heavy (non-hydrogen) atoms. The van der Waals surface area contributed by atoms with Crippen LogP contribution < -0.4 is 5.32 Å². The summed E-state index contributed by atoms with van der Waals surface area (Å²) in [5.74, 6) is 1.81. The van der Waals surface area contributed by atoms with Crippen molar-refractivity contribution in [1.29, 1.82) is 5.26 Å². The molecule has 1 aromatic heterocycles. The third kappa shape index (κ3) is 6.18. The smallest absolute Gasteiger partial charge is 0.302 e. The minimum Gasteiger partial charge on any atom is -0.302 e. The molecule has 0 aliphatic heterocycles. The van der Waals surface area contributed by atoms with Crippen molar-refractivity contribution in [2.24, 2.45) is 11.8 Å². The summed E-state index contributed by atoms with van der Waals surface area (Å²) in [6, 6.07) is 11.1. The van der Waals surface area contributed by atoms with Gasteiger partial charge in [0, 0.05) is 12.7 Å². The van der Waals surface area contributed by atoms with Crippen molar-refractivity contribution < 1.29 is 13.2 Å². The normalized spacial score (nSPS) is 18.7. The molecule has 0 radical (unpaired) electrons. The lowest BCUT2D eigenvalue weighted by molar-refractivity contribution is -0.151. The zero-order valence-electron chi connectivity index (χ0n) is 21.5. The number of rotatable bonds is 10. The minimum atomic E-state index is -4.28. The van der Waals surface area contributed by atoms with Gasteiger partial charge in [-0.1, -0.05) is 56.9 Å². The van der Waals surface area contributed by atoms with Crippen LogP contribution in [0.2, 0.25) is 0 Å². The molecular formula is C30H36F3N3. The number of hydrogen-bond donors (Lipinski definition) is 1. The van der Waals surface area contributed by atoms with Crippen LogP contribution >= 0.6 is 0 Å². The summed E-state index contributed by atoms with van der Waals surface area (Å²) in [6.45, 7) is 5.49. The number of aryl methyl sites for hydroxylation is 1. The number of halogens is 3. The second-order valence-electron chi connectivity index (χ2n) is 10.6. The Kier molecular flexibility index (Phi) is 8.20. The SMILES string of the molecule is CCC(CC(=C(C#N)c1ccc(C2CC2)cc1C)c1ccc(CNC(C)C(F)(F)F)cn1)C1CCC1. The summed E-state index contributed by atoms with van der Waals surface area (Å²) in [7, 11) is 0. The molecule has 1 heterocycles. The minimum absolute atomic E-state index is 0.0828. The Morgan fingerprint density at radius 2 is 1.92 bits per heavy atom. The second-order valence-corrected chi connectivity index (χ2v) is 10.6. The third-order valence-corrected chi connectivity index (χ3v) is 8.03. The lowest BCUT2D eigenvalue weighted by atomic mass is 9.71. The quantitative estimate of drug-likeness (QED) is 0.340. The highest BCUT2D eigenvalue weighted by atomic mass is 19.4.